The quantitative estimate of drug-likeness (QED) is 0.0504. The monoisotopic (exact) mass is 946 g/mol. The zero-order valence-corrected chi connectivity index (χ0v) is 41.9. The van der Waals surface area contributed by atoms with E-state index in [0.29, 0.717) is 45.9 Å². The third-order valence-corrected chi connectivity index (χ3v) is 14.7. The van der Waals surface area contributed by atoms with Crippen LogP contribution in [-0.4, -0.2) is 69.5 Å². The van der Waals surface area contributed by atoms with E-state index in [2.05, 4.69) is 58.6 Å². The number of nitrogens with zero attached hydrogens (tertiary/aromatic N) is 7. The fourth-order valence-electron chi connectivity index (χ4n) is 10.3. The number of H-pyrrole nitrogens is 2. The molecule has 2 N–H and O–H groups in total. The van der Waals surface area contributed by atoms with Crippen molar-refractivity contribution >= 4 is 44.1 Å². The number of quaternary nitrogens is 1. The minimum absolute atomic E-state index is 0. The van der Waals surface area contributed by atoms with Crippen LogP contribution in [0.5, 0.6) is 0 Å². The summed E-state index contributed by atoms with van der Waals surface area (Å²) in [5.74, 6) is 2.39. The minimum Gasteiger partial charge on any atom is -0.324 e. The number of hydrogen-bond donors (Lipinski definition) is 2. The number of aromatic amines is 2. The maximum absolute atomic E-state index is 5.02. The van der Waals surface area contributed by atoms with Gasteiger partial charge >= 0.3 is 0 Å². The summed E-state index contributed by atoms with van der Waals surface area (Å²) < 4.78 is 1.31. The molecule has 0 aliphatic carbocycles. The Bertz CT molecular complexity index is 2530. The summed E-state index contributed by atoms with van der Waals surface area (Å²) in [6.45, 7) is 14.6. The number of unbranched alkanes of at least 4 members (excludes halogenated alkanes) is 9. The fraction of sp³-hybridized carbons (Fsp3) is 0.439. The van der Waals surface area contributed by atoms with Crippen LogP contribution >= 0.6 is 0 Å². The number of fused-ring (bicyclic) bond motifs is 20. The van der Waals surface area contributed by atoms with Crippen molar-refractivity contribution in [1.82, 2.24) is 39.9 Å². The summed E-state index contributed by atoms with van der Waals surface area (Å²) in [7, 11) is 2.60. The Morgan fingerprint density at radius 2 is 0.627 bits per heavy atom. The predicted octanol–water partition coefficient (Wildman–Crippen LogP) is 15.4. The van der Waals surface area contributed by atoms with Crippen LogP contribution in [0.1, 0.15) is 138 Å². The van der Waals surface area contributed by atoms with Crippen LogP contribution in [0.15, 0.2) is 97.1 Å². The molecule has 2 aliphatic rings. The van der Waals surface area contributed by atoms with Crippen molar-refractivity contribution in [3.63, 3.8) is 0 Å². The summed E-state index contributed by atoms with van der Waals surface area (Å²) in [6, 6.07) is 34.6. The first kappa shape index (κ1) is 49.6. The van der Waals surface area contributed by atoms with E-state index in [-0.39, 0.29) is 17.1 Å². The summed E-state index contributed by atoms with van der Waals surface area (Å²) in [4.78, 5) is 36.8. The van der Waals surface area contributed by atoms with Gasteiger partial charge in [0.15, 0.2) is 23.3 Å². The Kier molecular flexibility index (Phi) is 17.1. The van der Waals surface area contributed by atoms with Gasteiger partial charge in [-0.25, -0.2) is 29.9 Å². The minimum atomic E-state index is 0. The fourth-order valence-corrected chi connectivity index (χ4v) is 10.3. The standard InChI is InChI=1S/C32H18N8.C25H54N.Cu/c1-2-10-18-17(9-1)25-33-26(18)38-28-21-13-5-6-14-22(21)30(35-28)40-32-24-16-8-7-15-23(24)31(36-32)39-29-20-12-4-3-11-19(20)27(34-29)37-25;1-8-11-14-17-20-23(4)26(7,24(5)21-18-15-12-9-2)25(6)22-19-16-13-10-3;/h1-16H,(H2,33,34,35,36,37,38,39,40);23-25H,8-22H2,1-7H3;/q;+1;. The molecule has 0 saturated carbocycles. The van der Waals surface area contributed by atoms with E-state index in [1.165, 1.54) is 101 Å². The smallest absolute Gasteiger partial charge is 0.164 e. The van der Waals surface area contributed by atoms with Gasteiger partial charge in [0.1, 0.15) is 22.6 Å². The second-order valence-corrected chi connectivity index (χ2v) is 19.1. The molecule has 3 aromatic heterocycles. The van der Waals surface area contributed by atoms with Gasteiger partial charge in [-0.1, -0.05) is 176 Å². The zero-order chi connectivity index (χ0) is 46.0. The number of aromatic nitrogens is 8. The Hall–Kier alpha value is -5.28. The van der Waals surface area contributed by atoms with Gasteiger partial charge in [-0.05, 0) is 59.3 Å². The van der Waals surface area contributed by atoms with E-state index < -0.39 is 0 Å². The first-order chi connectivity index (χ1) is 32.2. The van der Waals surface area contributed by atoms with Gasteiger partial charge in [0, 0.05) is 60.9 Å². The van der Waals surface area contributed by atoms with Crippen molar-refractivity contribution in [2.24, 2.45) is 0 Å². The van der Waals surface area contributed by atoms with Crippen LogP contribution in [0.4, 0.5) is 0 Å². The van der Waals surface area contributed by atoms with Crippen LogP contribution in [0.2, 0.25) is 0 Å². The first-order valence-corrected chi connectivity index (χ1v) is 25.3. The Morgan fingerprint density at radius 3 is 0.881 bits per heavy atom. The van der Waals surface area contributed by atoms with Gasteiger partial charge in [0.2, 0.25) is 0 Å². The summed E-state index contributed by atoms with van der Waals surface area (Å²) >= 11 is 0. The normalized spacial score (nSPS) is 14.0. The molecule has 67 heavy (non-hydrogen) atoms. The molecular weight excluding hydrogens is 874 g/mol. The second-order valence-electron chi connectivity index (χ2n) is 19.1. The summed E-state index contributed by atoms with van der Waals surface area (Å²) in [6.07, 6.45) is 21.1. The van der Waals surface area contributed by atoms with E-state index in [9.17, 15) is 0 Å². The molecule has 4 aromatic carbocycles. The van der Waals surface area contributed by atoms with E-state index in [0.717, 1.165) is 61.9 Å². The Balaban J connectivity index is 0.000000218. The second kappa shape index (κ2) is 23.1. The SMILES string of the molecule is CCCCCCC(C)[N+](C)(C(C)CCCCCC)C(C)CCCCCC.[Cu].c1ccc2c(c1)-c1nc-2nc2[nH]c(nc3nc(nc4[nH]c(n1)c1ccccc41)-c1ccccc1-3)c1ccccc21. The molecule has 0 spiro atoms. The van der Waals surface area contributed by atoms with Gasteiger partial charge in [0.05, 0.1) is 25.2 Å². The van der Waals surface area contributed by atoms with Gasteiger partial charge in [-0.2, -0.15) is 0 Å². The van der Waals surface area contributed by atoms with Gasteiger partial charge in [-0.15, -0.1) is 0 Å². The average Bonchev–Trinajstić information content (AvgIpc) is 4.09. The Morgan fingerprint density at radius 1 is 0.373 bits per heavy atom. The molecule has 3 atom stereocenters. The molecule has 5 heterocycles. The summed E-state index contributed by atoms with van der Waals surface area (Å²) in [5, 5.41) is 3.82. The van der Waals surface area contributed by atoms with E-state index in [1.54, 1.807) is 0 Å². The number of nitrogens with one attached hydrogen (secondary N) is 2. The third-order valence-electron chi connectivity index (χ3n) is 14.7. The molecule has 3 unspecified atom stereocenters. The van der Waals surface area contributed by atoms with Crippen molar-refractivity contribution < 1.29 is 21.6 Å². The molecule has 7 aromatic rings. The van der Waals surface area contributed by atoms with Crippen LogP contribution in [0.3, 0.4) is 0 Å². The molecular formula is C57H72CuN9+. The van der Waals surface area contributed by atoms with Crippen LogP contribution in [-0.2, 0) is 17.1 Å². The molecule has 8 bridgehead atoms. The van der Waals surface area contributed by atoms with Crippen LogP contribution in [0, 0.1) is 0 Å². The van der Waals surface area contributed by atoms with Gasteiger partial charge in [-0.3, -0.25) is 0 Å². The van der Waals surface area contributed by atoms with E-state index in [1.807, 2.05) is 97.1 Å². The largest absolute Gasteiger partial charge is 0.324 e. The molecule has 0 amide bonds. The van der Waals surface area contributed by atoms with Crippen LogP contribution in [0.25, 0.3) is 89.7 Å². The van der Waals surface area contributed by atoms with Crippen molar-refractivity contribution in [2.45, 2.75) is 156 Å². The molecule has 0 fully saturated rings. The number of rotatable bonds is 18. The maximum atomic E-state index is 5.02. The van der Waals surface area contributed by atoms with Crippen molar-refractivity contribution in [3.8, 4) is 45.6 Å². The zero-order valence-electron chi connectivity index (χ0n) is 41.0. The van der Waals surface area contributed by atoms with Gasteiger partial charge in [0.25, 0.3) is 0 Å². The third kappa shape index (κ3) is 10.9. The maximum Gasteiger partial charge on any atom is 0.164 e. The Labute approximate surface area is 409 Å². The predicted molar refractivity (Wildman–Crippen MR) is 277 cm³/mol. The van der Waals surface area contributed by atoms with E-state index in [4.69, 9.17) is 29.9 Å². The van der Waals surface area contributed by atoms with E-state index >= 15 is 0 Å². The molecule has 2 aliphatic heterocycles. The number of benzene rings is 4. The summed E-state index contributed by atoms with van der Waals surface area (Å²) in [5.41, 5.74) is 6.45. The number of hydrogen-bond acceptors (Lipinski definition) is 6. The molecule has 10 heteroatoms. The molecule has 9 rings (SSSR count). The molecule has 0 saturated heterocycles. The van der Waals surface area contributed by atoms with Crippen molar-refractivity contribution in [3.05, 3.63) is 97.1 Å². The van der Waals surface area contributed by atoms with Gasteiger partial charge < -0.3 is 14.5 Å². The molecule has 355 valence electrons. The topological polar surface area (TPSA) is 109 Å². The average molecular weight is 947 g/mol. The van der Waals surface area contributed by atoms with Crippen molar-refractivity contribution in [2.75, 3.05) is 7.05 Å². The van der Waals surface area contributed by atoms with Crippen LogP contribution < -0.4 is 0 Å². The van der Waals surface area contributed by atoms with Crippen molar-refractivity contribution in [1.29, 1.82) is 0 Å². The molecule has 1 radical (unpaired) electrons. The molecule has 9 nitrogen and oxygen atoms in total. The first-order valence-electron chi connectivity index (χ1n) is 25.3.